The van der Waals surface area contributed by atoms with Crippen molar-refractivity contribution in [2.75, 3.05) is 6.54 Å². The van der Waals surface area contributed by atoms with Gasteiger partial charge in [0.25, 0.3) is 5.91 Å². The molecule has 2 N–H and O–H groups in total. The number of amides is 4. The Kier molecular flexibility index (Phi) is 9.51. The van der Waals surface area contributed by atoms with Crippen molar-refractivity contribution < 1.29 is 37.1 Å². The topological polar surface area (TPSA) is 164 Å². The molecule has 0 radical (unpaired) electrons. The molecule has 1 saturated carbocycles. The lowest BCUT2D eigenvalue weighted by Crippen LogP contribution is -2.80. The van der Waals surface area contributed by atoms with Crippen molar-refractivity contribution in [2.24, 2.45) is 0 Å². The molecule has 2 saturated heterocycles. The van der Waals surface area contributed by atoms with E-state index in [0.717, 1.165) is 33.6 Å². The van der Waals surface area contributed by atoms with E-state index in [4.69, 9.17) is 26.1 Å². The lowest BCUT2D eigenvalue weighted by molar-refractivity contribution is -0.153. The summed E-state index contributed by atoms with van der Waals surface area (Å²) in [5.74, 6) is -1.19. The van der Waals surface area contributed by atoms with Crippen LogP contribution in [0, 0.1) is 6.92 Å². The molecule has 54 heavy (non-hydrogen) atoms. The Bertz CT molecular complexity index is 2060. The lowest BCUT2D eigenvalue weighted by Gasteiger charge is -2.53. The molecule has 7 rings (SSSR count). The first-order valence-corrected chi connectivity index (χ1v) is 20.7. The van der Waals surface area contributed by atoms with Gasteiger partial charge in [0.15, 0.2) is 0 Å². The van der Waals surface area contributed by atoms with Gasteiger partial charge in [-0.25, -0.2) is 22.5 Å². The molecule has 5 aliphatic rings. The smallest absolute Gasteiger partial charge is 0.408 e. The number of β-lactam (4-membered cyclic amide) rings is 1. The van der Waals surface area contributed by atoms with Gasteiger partial charge in [-0.3, -0.25) is 14.4 Å². The fourth-order valence-electron chi connectivity index (χ4n) is 8.33. The molecule has 1 aromatic heterocycles. The average molecular weight is 784 g/mol. The van der Waals surface area contributed by atoms with Gasteiger partial charge >= 0.3 is 6.09 Å². The van der Waals surface area contributed by atoms with E-state index in [1.54, 1.807) is 46.8 Å². The number of ether oxygens (including phenoxy) is 2. The number of fused-ring (bicyclic) bond motifs is 5. The maximum absolute atomic E-state index is 14.7. The standard InChI is InChI=1S/C39H50ClN5O8S/c1-23-31-26(25-15-14-24(40)20-28(25)41-23)16-17-39(52-31)21-29-32(46)43-38(6)30(45(34(38)48)54(50,51)37(5)18-19-37)13-11-9-7-8-10-12-27(33(47)44(29)22-39)42-35(49)53-36(2,3)4/h11,13-15,20,27,29-30H,7-10,12,16-19,21-22H2,1-6H3,(H,42,49)(H,43,46). The highest BCUT2D eigenvalue weighted by Crippen LogP contribution is 2.50. The number of nitrogens with one attached hydrogen (secondary N) is 2. The number of aryl methyl sites for hydroxylation is 2. The number of carbonyl (C=O) groups excluding carboxylic acids is 4. The Morgan fingerprint density at radius 2 is 1.85 bits per heavy atom. The second-order valence-corrected chi connectivity index (χ2v) is 19.9. The number of hydrogen-bond donors (Lipinski definition) is 2. The zero-order valence-corrected chi connectivity index (χ0v) is 33.4. The van der Waals surface area contributed by atoms with Gasteiger partial charge in [0, 0.05) is 22.4 Å². The van der Waals surface area contributed by atoms with Crippen LogP contribution in [0.15, 0.2) is 30.4 Å². The first-order valence-electron chi connectivity index (χ1n) is 18.9. The zero-order chi connectivity index (χ0) is 39.0. The highest BCUT2D eigenvalue weighted by Gasteiger charge is 2.67. The molecule has 1 aliphatic carbocycles. The maximum atomic E-state index is 14.7. The average Bonchev–Trinajstić information content (AvgIpc) is 3.75. The van der Waals surface area contributed by atoms with E-state index in [9.17, 15) is 27.6 Å². The molecule has 5 heterocycles. The number of rotatable bonds is 3. The summed E-state index contributed by atoms with van der Waals surface area (Å²) in [7, 11) is -3.99. The number of nitrogens with zero attached hydrogens (tertiary/aromatic N) is 3. The predicted octanol–water partition coefficient (Wildman–Crippen LogP) is 5.24. The summed E-state index contributed by atoms with van der Waals surface area (Å²) in [6, 6.07) is 2.51. The van der Waals surface area contributed by atoms with Crippen LogP contribution < -0.4 is 15.4 Å². The summed E-state index contributed by atoms with van der Waals surface area (Å²) in [5.41, 5.74) is -1.00. The lowest BCUT2D eigenvalue weighted by atomic mass is 9.81. The van der Waals surface area contributed by atoms with Gasteiger partial charge in [0.2, 0.25) is 21.8 Å². The fourth-order valence-corrected chi connectivity index (χ4v) is 10.6. The van der Waals surface area contributed by atoms with Crippen LogP contribution in [0.2, 0.25) is 5.02 Å². The van der Waals surface area contributed by atoms with Crippen LogP contribution in [0.4, 0.5) is 4.79 Å². The third-order valence-electron chi connectivity index (χ3n) is 11.7. The summed E-state index contributed by atoms with van der Waals surface area (Å²) < 4.78 is 39.7. The Morgan fingerprint density at radius 3 is 2.56 bits per heavy atom. The Balaban J connectivity index is 1.24. The number of allylic oxidation sites excluding steroid dienone is 1. The van der Waals surface area contributed by atoms with E-state index >= 15 is 0 Å². The van der Waals surface area contributed by atoms with Gasteiger partial charge in [0.05, 0.1) is 28.5 Å². The quantitative estimate of drug-likeness (QED) is 0.313. The number of pyridine rings is 1. The monoisotopic (exact) mass is 783 g/mol. The van der Waals surface area contributed by atoms with Crippen molar-refractivity contribution in [2.45, 2.75) is 145 Å². The van der Waals surface area contributed by atoms with Gasteiger partial charge in [-0.05, 0) is 98.6 Å². The molecule has 2 aromatic rings. The van der Waals surface area contributed by atoms with E-state index in [-0.39, 0.29) is 13.0 Å². The van der Waals surface area contributed by atoms with Gasteiger partial charge in [0.1, 0.15) is 34.6 Å². The van der Waals surface area contributed by atoms with E-state index in [0.29, 0.717) is 61.4 Å². The number of aromatic nitrogens is 1. The first kappa shape index (κ1) is 38.4. The summed E-state index contributed by atoms with van der Waals surface area (Å²) in [4.78, 5) is 62.5. The van der Waals surface area contributed by atoms with Gasteiger partial charge in [-0.1, -0.05) is 42.7 Å². The van der Waals surface area contributed by atoms with Crippen molar-refractivity contribution in [3.8, 4) is 5.75 Å². The minimum Gasteiger partial charge on any atom is -0.483 e. The molecule has 292 valence electrons. The van der Waals surface area contributed by atoms with Crippen LogP contribution in [0.3, 0.4) is 0 Å². The second-order valence-electron chi connectivity index (χ2n) is 17.1. The summed E-state index contributed by atoms with van der Waals surface area (Å²) in [6.07, 6.45) is 7.88. The molecule has 13 nitrogen and oxygen atoms in total. The highest BCUT2D eigenvalue weighted by molar-refractivity contribution is 7.91. The van der Waals surface area contributed by atoms with Crippen molar-refractivity contribution in [3.05, 3.63) is 46.6 Å². The summed E-state index contributed by atoms with van der Waals surface area (Å²) >= 11 is 6.28. The molecule has 4 aliphatic heterocycles. The fraction of sp³-hybridized carbons (Fsp3) is 0.615. The number of carbonyl (C=O) groups is 4. The summed E-state index contributed by atoms with van der Waals surface area (Å²) in [5, 5.41) is 7.18. The van der Waals surface area contributed by atoms with E-state index in [2.05, 4.69) is 10.6 Å². The molecule has 15 heteroatoms. The number of hydrogen-bond acceptors (Lipinski definition) is 9. The highest BCUT2D eigenvalue weighted by atomic mass is 35.5. The van der Waals surface area contributed by atoms with Crippen molar-refractivity contribution in [1.29, 1.82) is 0 Å². The predicted molar refractivity (Wildman–Crippen MR) is 202 cm³/mol. The normalized spacial score (nSPS) is 29.9. The Morgan fingerprint density at radius 1 is 1.11 bits per heavy atom. The van der Waals surface area contributed by atoms with Gasteiger partial charge < -0.3 is 25.0 Å². The molecule has 1 aromatic carbocycles. The third-order valence-corrected chi connectivity index (χ3v) is 14.5. The molecule has 5 unspecified atom stereocenters. The molecule has 1 spiro atoms. The van der Waals surface area contributed by atoms with Crippen LogP contribution in [0.5, 0.6) is 5.75 Å². The zero-order valence-electron chi connectivity index (χ0n) is 31.8. The van der Waals surface area contributed by atoms with Crippen LogP contribution in [-0.2, 0) is 35.6 Å². The number of sulfonamides is 1. The second kappa shape index (κ2) is 13.4. The molecule has 4 amide bonds. The van der Waals surface area contributed by atoms with Crippen molar-refractivity contribution in [3.63, 3.8) is 0 Å². The van der Waals surface area contributed by atoms with E-state index < -0.39 is 73.5 Å². The SMILES string of the molecule is Cc1nc2cc(Cl)ccc2c2c1OC1(CC2)CC2C(=O)NC3(C)C(=O)N(S(=O)(=O)C4(C)CC4)C3C=CCCCCCC(NC(=O)OC(C)(C)C)C(=O)N2C1. The number of alkyl carbamates (subject to hydrolysis) is 1. The largest absolute Gasteiger partial charge is 0.483 e. The number of benzene rings is 1. The molecular weight excluding hydrogens is 734 g/mol. The van der Waals surface area contributed by atoms with Crippen molar-refractivity contribution >= 4 is 56.3 Å². The molecule has 5 atom stereocenters. The van der Waals surface area contributed by atoms with Crippen molar-refractivity contribution in [1.82, 2.24) is 24.8 Å². The Hall–Kier alpha value is -3.91. The van der Waals surface area contributed by atoms with E-state index in [1.807, 2.05) is 25.1 Å². The molecule has 0 bridgehead atoms. The molecular formula is C39H50ClN5O8S. The minimum absolute atomic E-state index is 0.0425. The van der Waals surface area contributed by atoms with Crippen LogP contribution in [-0.4, -0.2) is 92.6 Å². The summed E-state index contributed by atoms with van der Waals surface area (Å²) in [6.45, 7) is 10.3. The molecule has 3 fully saturated rings. The first-order chi connectivity index (χ1) is 25.3. The maximum Gasteiger partial charge on any atom is 0.408 e. The minimum atomic E-state index is -3.99. The van der Waals surface area contributed by atoms with Gasteiger partial charge in [-0.2, -0.15) is 0 Å². The van der Waals surface area contributed by atoms with E-state index in [1.165, 1.54) is 4.90 Å². The van der Waals surface area contributed by atoms with Crippen LogP contribution >= 0.6 is 11.6 Å². The van der Waals surface area contributed by atoms with Gasteiger partial charge in [-0.15, -0.1) is 0 Å². The van der Waals surface area contributed by atoms with Crippen LogP contribution in [0.1, 0.15) is 104 Å². The Labute approximate surface area is 321 Å². The van der Waals surface area contributed by atoms with Crippen LogP contribution in [0.25, 0.3) is 10.9 Å². The third kappa shape index (κ3) is 6.71. The number of halogens is 1.